The summed E-state index contributed by atoms with van der Waals surface area (Å²) in [4.78, 5) is 0. The zero-order valence-corrected chi connectivity index (χ0v) is 10.9. The molecule has 0 aliphatic rings. The van der Waals surface area contributed by atoms with Gasteiger partial charge in [0, 0.05) is 19.3 Å². The van der Waals surface area contributed by atoms with Gasteiger partial charge in [-0.05, 0) is 31.5 Å². The molecule has 1 aromatic heterocycles. The van der Waals surface area contributed by atoms with Gasteiger partial charge in [0.05, 0.1) is 18.5 Å². The molecule has 0 aliphatic heterocycles. The predicted molar refractivity (Wildman–Crippen MR) is 72.8 cm³/mol. The largest absolute Gasteiger partial charge is 0.494 e. The average molecular weight is 245 g/mol. The Morgan fingerprint density at radius 1 is 1.22 bits per heavy atom. The first-order valence-electron chi connectivity index (χ1n) is 6.30. The molecule has 96 valence electrons. The smallest absolute Gasteiger partial charge is 0.119 e. The van der Waals surface area contributed by atoms with Gasteiger partial charge in [0.25, 0.3) is 0 Å². The van der Waals surface area contributed by atoms with Gasteiger partial charge in [-0.15, -0.1) is 0 Å². The number of benzene rings is 1. The van der Waals surface area contributed by atoms with Crippen molar-refractivity contribution in [1.29, 1.82) is 0 Å². The molecular weight excluding hydrogens is 226 g/mol. The van der Waals surface area contributed by atoms with E-state index in [1.54, 1.807) is 0 Å². The van der Waals surface area contributed by atoms with Crippen LogP contribution in [0.15, 0.2) is 36.7 Å². The second-order valence-electron chi connectivity index (χ2n) is 4.02. The third-order valence-electron chi connectivity index (χ3n) is 2.69. The van der Waals surface area contributed by atoms with E-state index in [2.05, 4.69) is 29.5 Å². The van der Waals surface area contributed by atoms with Gasteiger partial charge in [-0.3, -0.25) is 4.68 Å². The van der Waals surface area contributed by atoms with Crippen molar-refractivity contribution < 1.29 is 4.74 Å². The predicted octanol–water partition coefficient (Wildman–Crippen LogP) is 2.91. The van der Waals surface area contributed by atoms with Crippen LogP contribution >= 0.6 is 0 Å². The van der Waals surface area contributed by atoms with E-state index >= 15 is 0 Å². The van der Waals surface area contributed by atoms with Crippen LogP contribution < -0.4 is 10.1 Å². The Kier molecular flexibility index (Phi) is 4.23. The molecule has 0 radical (unpaired) electrons. The first-order chi connectivity index (χ1) is 8.81. The second kappa shape index (κ2) is 6.10. The third-order valence-corrected chi connectivity index (χ3v) is 2.69. The molecule has 0 bridgehead atoms. The number of nitrogens with zero attached hydrogens (tertiary/aromatic N) is 2. The summed E-state index contributed by atoms with van der Waals surface area (Å²) < 4.78 is 7.31. The lowest BCUT2D eigenvalue weighted by Gasteiger charge is -2.06. The maximum atomic E-state index is 5.41. The molecule has 0 amide bonds. The second-order valence-corrected chi connectivity index (χ2v) is 4.02. The van der Waals surface area contributed by atoms with Crippen LogP contribution in [-0.2, 0) is 13.1 Å². The molecule has 4 nitrogen and oxygen atoms in total. The van der Waals surface area contributed by atoms with Crippen molar-refractivity contribution in [2.45, 2.75) is 26.9 Å². The fraction of sp³-hybridized carbons (Fsp3) is 0.357. The lowest BCUT2D eigenvalue weighted by Crippen LogP contribution is -1.99. The highest BCUT2D eigenvalue weighted by atomic mass is 16.5. The summed E-state index contributed by atoms with van der Waals surface area (Å²) >= 11 is 0. The van der Waals surface area contributed by atoms with Crippen molar-refractivity contribution in [3.05, 3.63) is 42.2 Å². The molecule has 18 heavy (non-hydrogen) atoms. The molecule has 0 atom stereocenters. The van der Waals surface area contributed by atoms with Gasteiger partial charge in [0.1, 0.15) is 5.75 Å². The maximum Gasteiger partial charge on any atom is 0.119 e. The molecule has 0 spiro atoms. The van der Waals surface area contributed by atoms with Crippen LogP contribution in [0.3, 0.4) is 0 Å². The first-order valence-corrected chi connectivity index (χ1v) is 6.30. The van der Waals surface area contributed by atoms with Gasteiger partial charge in [-0.2, -0.15) is 5.10 Å². The lowest BCUT2D eigenvalue weighted by molar-refractivity contribution is 0.340. The molecule has 4 heteroatoms. The minimum Gasteiger partial charge on any atom is -0.494 e. The topological polar surface area (TPSA) is 39.1 Å². The molecule has 0 unspecified atom stereocenters. The van der Waals surface area contributed by atoms with E-state index in [4.69, 9.17) is 4.74 Å². The van der Waals surface area contributed by atoms with E-state index in [1.165, 1.54) is 5.56 Å². The van der Waals surface area contributed by atoms with Crippen molar-refractivity contribution >= 4 is 5.69 Å². The van der Waals surface area contributed by atoms with Gasteiger partial charge in [-0.25, -0.2) is 0 Å². The molecule has 2 rings (SSSR count). The number of anilines is 1. The van der Waals surface area contributed by atoms with Gasteiger partial charge in [0.2, 0.25) is 0 Å². The monoisotopic (exact) mass is 245 g/mol. The first kappa shape index (κ1) is 12.5. The molecule has 0 aliphatic carbocycles. The third kappa shape index (κ3) is 3.26. The van der Waals surface area contributed by atoms with Crippen LogP contribution in [0, 0.1) is 0 Å². The van der Waals surface area contributed by atoms with Crippen molar-refractivity contribution in [2.75, 3.05) is 11.9 Å². The van der Waals surface area contributed by atoms with E-state index in [0.29, 0.717) is 6.61 Å². The quantitative estimate of drug-likeness (QED) is 0.850. The summed E-state index contributed by atoms with van der Waals surface area (Å²) in [5.41, 5.74) is 2.27. The molecule has 0 saturated heterocycles. The van der Waals surface area contributed by atoms with Crippen LogP contribution in [0.25, 0.3) is 0 Å². The highest BCUT2D eigenvalue weighted by molar-refractivity contribution is 5.39. The fourth-order valence-corrected chi connectivity index (χ4v) is 1.70. The Labute approximate surface area is 108 Å². The summed E-state index contributed by atoms with van der Waals surface area (Å²) in [6.07, 6.45) is 3.85. The Balaban J connectivity index is 1.89. The van der Waals surface area contributed by atoms with Crippen molar-refractivity contribution in [3.8, 4) is 5.75 Å². The summed E-state index contributed by atoms with van der Waals surface area (Å²) in [5, 5.41) is 7.56. The van der Waals surface area contributed by atoms with Gasteiger partial charge in [-0.1, -0.05) is 12.1 Å². The molecular formula is C14H19N3O. The molecule has 2 aromatic rings. The standard InChI is InChI=1S/C14H19N3O/c1-3-17-11-13(10-16-17)15-9-12-5-7-14(8-6-12)18-4-2/h5-8,10-11,15H,3-4,9H2,1-2H3. The van der Waals surface area contributed by atoms with E-state index in [1.807, 2.05) is 36.1 Å². The summed E-state index contributed by atoms with van der Waals surface area (Å²) in [6.45, 7) is 6.45. The molecule has 1 N–H and O–H groups in total. The molecule has 1 heterocycles. The Bertz CT molecular complexity index is 476. The number of rotatable bonds is 6. The van der Waals surface area contributed by atoms with Crippen molar-refractivity contribution in [1.82, 2.24) is 9.78 Å². The number of hydrogen-bond acceptors (Lipinski definition) is 3. The Morgan fingerprint density at radius 2 is 2.00 bits per heavy atom. The van der Waals surface area contributed by atoms with E-state index in [-0.39, 0.29) is 0 Å². The zero-order chi connectivity index (χ0) is 12.8. The molecule has 0 saturated carbocycles. The van der Waals surface area contributed by atoms with E-state index < -0.39 is 0 Å². The van der Waals surface area contributed by atoms with Gasteiger partial charge >= 0.3 is 0 Å². The normalized spacial score (nSPS) is 10.3. The highest BCUT2D eigenvalue weighted by Gasteiger charge is 1.98. The number of aryl methyl sites for hydroxylation is 1. The Morgan fingerprint density at radius 3 is 2.61 bits per heavy atom. The van der Waals surface area contributed by atoms with Crippen LogP contribution in [0.1, 0.15) is 19.4 Å². The van der Waals surface area contributed by atoms with Crippen LogP contribution in [-0.4, -0.2) is 16.4 Å². The van der Waals surface area contributed by atoms with Crippen molar-refractivity contribution in [2.24, 2.45) is 0 Å². The van der Waals surface area contributed by atoms with Crippen molar-refractivity contribution in [3.63, 3.8) is 0 Å². The lowest BCUT2D eigenvalue weighted by atomic mass is 10.2. The highest BCUT2D eigenvalue weighted by Crippen LogP contribution is 2.13. The maximum absolute atomic E-state index is 5.41. The van der Waals surface area contributed by atoms with Gasteiger partial charge in [0.15, 0.2) is 0 Å². The van der Waals surface area contributed by atoms with Crippen LogP contribution in [0.2, 0.25) is 0 Å². The summed E-state index contributed by atoms with van der Waals surface area (Å²) in [5.74, 6) is 0.917. The van der Waals surface area contributed by atoms with Gasteiger partial charge < -0.3 is 10.1 Å². The number of aromatic nitrogens is 2. The van der Waals surface area contributed by atoms with E-state index in [9.17, 15) is 0 Å². The Hall–Kier alpha value is -1.97. The summed E-state index contributed by atoms with van der Waals surface area (Å²) in [6, 6.07) is 8.14. The zero-order valence-electron chi connectivity index (χ0n) is 10.9. The minimum atomic E-state index is 0.702. The summed E-state index contributed by atoms with van der Waals surface area (Å²) in [7, 11) is 0. The number of ether oxygens (including phenoxy) is 1. The SMILES string of the molecule is CCOc1ccc(CNc2cnn(CC)c2)cc1. The number of nitrogens with one attached hydrogen (secondary N) is 1. The minimum absolute atomic E-state index is 0.702. The average Bonchev–Trinajstić information content (AvgIpc) is 2.86. The number of hydrogen-bond donors (Lipinski definition) is 1. The van der Waals surface area contributed by atoms with Crippen LogP contribution in [0.4, 0.5) is 5.69 Å². The van der Waals surface area contributed by atoms with Crippen LogP contribution in [0.5, 0.6) is 5.75 Å². The molecule has 0 fully saturated rings. The molecule has 1 aromatic carbocycles. The fourth-order valence-electron chi connectivity index (χ4n) is 1.70. The van der Waals surface area contributed by atoms with E-state index in [0.717, 1.165) is 24.5 Å².